The summed E-state index contributed by atoms with van der Waals surface area (Å²) >= 11 is 3.42. The first kappa shape index (κ1) is 14.4. The maximum atomic E-state index is 13.0. The van der Waals surface area contributed by atoms with E-state index in [0.29, 0.717) is 18.8 Å². The molecule has 2 aromatic rings. The number of rotatable bonds is 3. The van der Waals surface area contributed by atoms with Crippen LogP contribution in [0, 0.1) is 0 Å². The smallest absolute Gasteiger partial charge is 0.178 e. The summed E-state index contributed by atoms with van der Waals surface area (Å²) in [5.41, 5.74) is 0.814. The van der Waals surface area contributed by atoms with Gasteiger partial charge in [0.1, 0.15) is 12.2 Å². The van der Waals surface area contributed by atoms with Gasteiger partial charge in [-0.1, -0.05) is 58.4 Å². The van der Waals surface area contributed by atoms with Crippen molar-refractivity contribution in [3.05, 3.63) is 70.2 Å². The largest absolute Gasteiger partial charge is 0.354 e. The fourth-order valence-corrected chi connectivity index (χ4v) is 2.86. The van der Waals surface area contributed by atoms with Crippen molar-refractivity contribution in [2.75, 3.05) is 20.0 Å². The van der Waals surface area contributed by atoms with E-state index in [2.05, 4.69) is 15.9 Å². The molecule has 3 nitrogen and oxygen atoms in total. The van der Waals surface area contributed by atoms with Gasteiger partial charge in [0, 0.05) is 10.0 Å². The number of benzene rings is 2. The topological polar surface area (TPSA) is 35.5 Å². The highest BCUT2D eigenvalue weighted by Gasteiger charge is 2.43. The lowest BCUT2D eigenvalue weighted by atomic mass is 9.75. The monoisotopic (exact) mass is 346 g/mol. The second kappa shape index (κ2) is 6.10. The fraction of sp³-hybridized carbons (Fsp3) is 0.235. The van der Waals surface area contributed by atoms with E-state index in [1.165, 1.54) is 0 Å². The molecule has 21 heavy (non-hydrogen) atoms. The molecule has 1 aliphatic rings. The quantitative estimate of drug-likeness (QED) is 0.797. The van der Waals surface area contributed by atoms with Gasteiger partial charge in [-0.05, 0) is 17.7 Å². The molecule has 0 N–H and O–H groups in total. The number of ketones is 1. The molecule has 1 fully saturated rings. The van der Waals surface area contributed by atoms with Gasteiger partial charge in [0.2, 0.25) is 0 Å². The number of halogens is 1. The van der Waals surface area contributed by atoms with E-state index in [4.69, 9.17) is 9.47 Å². The lowest BCUT2D eigenvalue weighted by Crippen LogP contribution is -2.48. The zero-order valence-electron chi connectivity index (χ0n) is 11.4. The molecular weight excluding hydrogens is 332 g/mol. The molecule has 1 aliphatic heterocycles. The summed E-state index contributed by atoms with van der Waals surface area (Å²) in [5.74, 6) is 0.0325. The third-order valence-corrected chi connectivity index (χ3v) is 4.26. The third-order valence-electron chi connectivity index (χ3n) is 3.73. The van der Waals surface area contributed by atoms with Crippen molar-refractivity contribution in [3.63, 3.8) is 0 Å². The minimum absolute atomic E-state index is 0.0325. The number of carbonyl (C=O) groups excluding carboxylic acids is 1. The summed E-state index contributed by atoms with van der Waals surface area (Å²) < 4.78 is 11.9. The van der Waals surface area contributed by atoms with E-state index in [1.54, 1.807) is 0 Å². The average Bonchev–Trinajstić information content (AvgIpc) is 2.56. The van der Waals surface area contributed by atoms with E-state index in [-0.39, 0.29) is 12.6 Å². The summed E-state index contributed by atoms with van der Waals surface area (Å²) in [5, 5.41) is 0. The summed E-state index contributed by atoms with van der Waals surface area (Å²) in [4.78, 5) is 13.0. The Hall–Kier alpha value is -1.49. The number of ether oxygens (including phenoxy) is 2. The molecule has 0 spiro atoms. The molecule has 0 amide bonds. The molecule has 108 valence electrons. The molecule has 0 saturated carbocycles. The summed E-state index contributed by atoms with van der Waals surface area (Å²) in [6.07, 6.45) is 0. The molecule has 0 aromatic heterocycles. The second-order valence-corrected chi connectivity index (χ2v) is 6.01. The van der Waals surface area contributed by atoms with Crippen LogP contribution in [0.25, 0.3) is 0 Å². The Kier molecular flexibility index (Phi) is 4.19. The standard InChI is InChI=1S/C17H15BrO3/c18-15-8-6-14(7-9-15)17(10-20-12-21-11-17)16(19)13-4-2-1-3-5-13/h1-9H,10-12H2. The molecule has 0 unspecified atom stereocenters. The van der Waals surface area contributed by atoms with Crippen LogP contribution in [0.5, 0.6) is 0 Å². The lowest BCUT2D eigenvalue weighted by molar-refractivity contribution is -0.127. The van der Waals surface area contributed by atoms with Gasteiger partial charge in [0.15, 0.2) is 5.78 Å². The Morgan fingerprint density at radius 1 is 0.952 bits per heavy atom. The van der Waals surface area contributed by atoms with Crippen molar-refractivity contribution >= 4 is 21.7 Å². The van der Waals surface area contributed by atoms with Crippen LogP contribution in [-0.2, 0) is 14.9 Å². The lowest BCUT2D eigenvalue weighted by Gasteiger charge is -2.35. The van der Waals surface area contributed by atoms with Gasteiger partial charge in [-0.3, -0.25) is 4.79 Å². The van der Waals surface area contributed by atoms with Crippen LogP contribution in [-0.4, -0.2) is 25.8 Å². The predicted molar refractivity (Wildman–Crippen MR) is 83.4 cm³/mol. The Balaban J connectivity index is 2.05. The van der Waals surface area contributed by atoms with Crippen LogP contribution in [0.1, 0.15) is 15.9 Å². The summed E-state index contributed by atoms with van der Waals surface area (Å²) in [6.45, 7) is 0.908. The Bertz CT molecular complexity index is 616. The average molecular weight is 347 g/mol. The van der Waals surface area contributed by atoms with Crippen molar-refractivity contribution in [2.24, 2.45) is 0 Å². The molecular formula is C17H15BrO3. The first-order chi connectivity index (χ1) is 10.2. The van der Waals surface area contributed by atoms with Crippen LogP contribution in [0.3, 0.4) is 0 Å². The molecule has 0 radical (unpaired) electrons. The van der Waals surface area contributed by atoms with Crippen molar-refractivity contribution in [2.45, 2.75) is 5.41 Å². The van der Waals surface area contributed by atoms with E-state index in [1.807, 2.05) is 54.6 Å². The number of hydrogen-bond donors (Lipinski definition) is 0. The zero-order chi connectivity index (χ0) is 14.7. The van der Waals surface area contributed by atoms with Crippen molar-refractivity contribution < 1.29 is 14.3 Å². The number of hydrogen-bond acceptors (Lipinski definition) is 3. The molecule has 4 heteroatoms. The van der Waals surface area contributed by atoms with Gasteiger partial charge >= 0.3 is 0 Å². The molecule has 1 heterocycles. The minimum atomic E-state index is -0.777. The van der Waals surface area contributed by atoms with Gasteiger partial charge in [-0.2, -0.15) is 0 Å². The molecule has 1 saturated heterocycles. The molecule has 2 aromatic carbocycles. The van der Waals surface area contributed by atoms with Crippen LogP contribution >= 0.6 is 15.9 Å². The minimum Gasteiger partial charge on any atom is -0.354 e. The summed E-state index contributed by atoms with van der Waals surface area (Å²) in [6, 6.07) is 17.1. The van der Waals surface area contributed by atoms with E-state index >= 15 is 0 Å². The van der Waals surface area contributed by atoms with Crippen LogP contribution in [0.4, 0.5) is 0 Å². The normalized spacial score (nSPS) is 17.4. The highest BCUT2D eigenvalue weighted by atomic mass is 79.9. The van der Waals surface area contributed by atoms with Crippen LogP contribution in [0.2, 0.25) is 0 Å². The van der Waals surface area contributed by atoms with Crippen molar-refractivity contribution in [1.82, 2.24) is 0 Å². The van der Waals surface area contributed by atoms with Gasteiger partial charge in [-0.25, -0.2) is 0 Å². The van der Waals surface area contributed by atoms with Gasteiger partial charge in [-0.15, -0.1) is 0 Å². The molecule has 0 bridgehead atoms. The number of Topliss-reactive ketones (excluding diaryl/α,β-unsaturated/α-hetero) is 1. The highest BCUT2D eigenvalue weighted by Crippen LogP contribution is 2.32. The molecule has 0 atom stereocenters. The van der Waals surface area contributed by atoms with Crippen molar-refractivity contribution in [3.8, 4) is 0 Å². The first-order valence-corrected chi connectivity index (χ1v) is 7.53. The van der Waals surface area contributed by atoms with E-state index < -0.39 is 5.41 Å². The maximum absolute atomic E-state index is 13.0. The zero-order valence-corrected chi connectivity index (χ0v) is 13.0. The van der Waals surface area contributed by atoms with Gasteiger partial charge in [0.25, 0.3) is 0 Å². The Labute approximate surface area is 132 Å². The highest BCUT2D eigenvalue weighted by molar-refractivity contribution is 9.10. The molecule has 0 aliphatic carbocycles. The SMILES string of the molecule is O=C(c1ccccc1)C1(c2ccc(Br)cc2)COCOC1. The number of carbonyl (C=O) groups is 1. The third kappa shape index (κ3) is 2.79. The Morgan fingerprint density at radius 3 is 2.19 bits per heavy atom. The Morgan fingerprint density at radius 2 is 1.57 bits per heavy atom. The van der Waals surface area contributed by atoms with E-state index in [9.17, 15) is 4.79 Å². The van der Waals surface area contributed by atoms with Gasteiger partial charge < -0.3 is 9.47 Å². The van der Waals surface area contributed by atoms with Crippen LogP contribution in [0.15, 0.2) is 59.1 Å². The first-order valence-electron chi connectivity index (χ1n) is 6.74. The van der Waals surface area contributed by atoms with Gasteiger partial charge in [0.05, 0.1) is 13.2 Å². The predicted octanol–water partition coefficient (Wildman–Crippen LogP) is 3.57. The fourth-order valence-electron chi connectivity index (χ4n) is 2.60. The van der Waals surface area contributed by atoms with Crippen molar-refractivity contribution in [1.29, 1.82) is 0 Å². The second-order valence-electron chi connectivity index (χ2n) is 5.10. The van der Waals surface area contributed by atoms with Crippen LogP contribution < -0.4 is 0 Å². The van der Waals surface area contributed by atoms with E-state index in [0.717, 1.165) is 10.0 Å². The molecule has 3 rings (SSSR count). The maximum Gasteiger partial charge on any atom is 0.178 e. The summed E-state index contributed by atoms with van der Waals surface area (Å²) in [7, 11) is 0.